The number of carboxylic acid groups (broad SMARTS) is 1. The Morgan fingerprint density at radius 2 is 1.28 bits per heavy atom. The molecule has 0 aliphatic heterocycles. The minimum atomic E-state index is -4.84. The van der Waals surface area contributed by atoms with Crippen LogP contribution in [0.3, 0.4) is 0 Å². The van der Waals surface area contributed by atoms with E-state index >= 15 is 0 Å². The molecule has 0 aromatic rings. The number of carboxylic acids is 1. The number of esters is 2. The van der Waals surface area contributed by atoms with Crippen molar-refractivity contribution in [3.63, 3.8) is 0 Å². The number of carbonyl (C=O) groups excluding carboxylic acids is 3. The van der Waals surface area contributed by atoms with Crippen molar-refractivity contribution in [2.75, 3.05) is 19.8 Å². The molecule has 8 atom stereocenters. The lowest BCUT2D eigenvalue weighted by molar-refractivity contribution is -0.161. The second kappa shape index (κ2) is 36.4. The molecule has 16 heteroatoms. The van der Waals surface area contributed by atoms with Crippen molar-refractivity contribution < 1.29 is 67.6 Å². The number of Topliss-reactive ketones (excluding diaryl/α,β-unsaturated/α-hetero) is 1. The van der Waals surface area contributed by atoms with Crippen LogP contribution in [-0.4, -0.2) is 99.3 Å². The number of ether oxygens (including phenoxy) is 2. The smallest absolute Gasteiger partial charge is 0.472 e. The van der Waals surface area contributed by atoms with Crippen LogP contribution in [0.1, 0.15) is 129 Å². The number of hydrogen-bond donors (Lipinski definition) is 6. The molecule has 1 unspecified atom stereocenters. The molecule has 0 saturated heterocycles. The molecule has 362 valence electrons. The van der Waals surface area contributed by atoms with Crippen molar-refractivity contribution in [3.05, 3.63) is 85.1 Å². The lowest BCUT2D eigenvalue weighted by atomic mass is 9.87. The predicted molar refractivity (Wildman–Crippen MR) is 247 cm³/mol. The van der Waals surface area contributed by atoms with Gasteiger partial charge in [0.05, 0.1) is 31.5 Å². The Kier molecular flexibility index (Phi) is 33.1. The summed E-state index contributed by atoms with van der Waals surface area (Å²) in [5, 5.41) is 40.2. The molecule has 0 bridgehead atoms. The standard InChI is InChI=1S/C48H76NO14P/c1-3-5-7-8-9-10-11-12-13-14-15-16-17-18-19-20-21-22-24-30-47(55)63-40(36-61-64(58,59)62-37-43(49)48(56)57)35-60-46(54)29-26-25-28-39(51)33-42-41(44(52)34-45(42)53)32-31-38(50)27-23-6-4-2/h5,7,9-10,12-13,15-16,18-19,21-22,31-32,38,40-45,50,52-53H,3-4,6,8,11,14,17,20,23-30,33-37,49H2,1-2H3,(H,56,57)(H,58,59)/b7-5-,10-9-,13-12-,16-15-,19-18-,22-21-,32-31+/t38-,40+,41+,42+,43-,44+,45-/m0/s1. The van der Waals surface area contributed by atoms with Crippen LogP contribution >= 0.6 is 7.82 Å². The van der Waals surface area contributed by atoms with Gasteiger partial charge < -0.3 is 40.5 Å². The molecule has 0 aromatic heterocycles. The number of aliphatic hydroxyl groups excluding tert-OH is 3. The van der Waals surface area contributed by atoms with E-state index < -0.39 is 87.8 Å². The average Bonchev–Trinajstić information content (AvgIpc) is 3.52. The van der Waals surface area contributed by atoms with Gasteiger partial charge in [-0.25, -0.2) is 4.57 Å². The number of rotatable bonds is 37. The van der Waals surface area contributed by atoms with Crippen LogP contribution in [0, 0.1) is 11.8 Å². The molecule has 0 amide bonds. The Bertz CT molecular complexity index is 1590. The number of aliphatic carboxylic acids is 1. The highest BCUT2D eigenvalue weighted by Gasteiger charge is 2.41. The van der Waals surface area contributed by atoms with Gasteiger partial charge in [-0.3, -0.25) is 28.2 Å². The molecule has 0 spiro atoms. The minimum Gasteiger partial charge on any atom is -0.480 e. The molecule has 0 radical (unpaired) electrons. The zero-order chi connectivity index (χ0) is 47.4. The first-order valence-electron chi connectivity index (χ1n) is 22.8. The summed E-state index contributed by atoms with van der Waals surface area (Å²) in [6.45, 7) is 2.11. The van der Waals surface area contributed by atoms with E-state index in [0.717, 1.165) is 51.4 Å². The zero-order valence-electron chi connectivity index (χ0n) is 37.9. The van der Waals surface area contributed by atoms with Crippen molar-refractivity contribution in [3.8, 4) is 0 Å². The molecule has 1 saturated carbocycles. The summed E-state index contributed by atoms with van der Waals surface area (Å²) in [6.07, 6.45) is 34.5. The van der Waals surface area contributed by atoms with Crippen molar-refractivity contribution in [2.45, 2.75) is 160 Å². The summed E-state index contributed by atoms with van der Waals surface area (Å²) in [4.78, 5) is 59.1. The molecule has 1 rings (SSSR count). The zero-order valence-corrected chi connectivity index (χ0v) is 38.8. The number of ketones is 1. The SMILES string of the molecule is CC/C=C\C/C=C\C/C=C\C/C=C\C/C=C\C/C=C\CCC(=O)O[C@H](COC(=O)CCCCC(=O)C[C@@H]1[C@@H](/C=C/[C@@H](O)CCCCC)[C@H](O)C[C@@H]1O)COP(=O)(O)OC[C@H](N)C(=O)O. The van der Waals surface area contributed by atoms with E-state index in [9.17, 15) is 44.0 Å². The minimum absolute atomic E-state index is 0.0391. The first-order valence-corrected chi connectivity index (χ1v) is 24.3. The molecule has 1 fully saturated rings. The molecule has 0 aromatic carbocycles. The number of phosphoric acid groups is 1. The van der Waals surface area contributed by atoms with Gasteiger partial charge in [-0.15, -0.1) is 0 Å². The largest absolute Gasteiger partial charge is 0.480 e. The van der Waals surface area contributed by atoms with Gasteiger partial charge in [0.1, 0.15) is 18.4 Å². The van der Waals surface area contributed by atoms with Gasteiger partial charge in [-0.05, 0) is 64.2 Å². The van der Waals surface area contributed by atoms with Crippen molar-refractivity contribution in [2.24, 2.45) is 17.6 Å². The van der Waals surface area contributed by atoms with Crippen LogP contribution in [-0.2, 0) is 42.3 Å². The van der Waals surface area contributed by atoms with Gasteiger partial charge in [0.25, 0.3) is 0 Å². The fourth-order valence-corrected chi connectivity index (χ4v) is 7.28. The number of carbonyl (C=O) groups is 4. The quantitative estimate of drug-likeness (QED) is 0.0150. The summed E-state index contributed by atoms with van der Waals surface area (Å²) in [5.41, 5.74) is 5.32. The molecular formula is C48H76NO14P. The highest BCUT2D eigenvalue weighted by molar-refractivity contribution is 7.47. The number of nitrogens with two attached hydrogens (primary N) is 1. The van der Waals surface area contributed by atoms with Crippen molar-refractivity contribution >= 4 is 31.5 Å². The Morgan fingerprint density at radius 3 is 1.86 bits per heavy atom. The topological polar surface area (TPSA) is 249 Å². The highest BCUT2D eigenvalue weighted by atomic mass is 31.2. The molecule has 64 heavy (non-hydrogen) atoms. The third kappa shape index (κ3) is 30.4. The van der Waals surface area contributed by atoms with Crippen molar-refractivity contribution in [1.82, 2.24) is 0 Å². The van der Waals surface area contributed by atoms with E-state index in [1.165, 1.54) is 0 Å². The molecule has 1 aliphatic rings. The third-order valence-corrected chi connectivity index (χ3v) is 11.1. The summed E-state index contributed by atoms with van der Waals surface area (Å²) in [5.74, 6) is -3.93. The second-order valence-corrected chi connectivity index (χ2v) is 17.2. The van der Waals surface area contributed by atoms with E-state index in [1.807, 2.05) is 24.3 Å². The number of aliphatic hydroxyl groups is 3. The maximum Gasteiger partial charge on any atom is 0.472 e. The number of hydrogen-bond acceptors (Lipinski definition) is 13. The molecule has 1 aliphatic carbocycles. The van der Waals surface area contributed by atoms with Gasteiger partial charge in [-0.2, -0.15) is 0 Å². The lowest BCUT2D eigenvalue weighted by Gasteiger charge is -2.20. The second-order valence-electron chi connectivity index (χ2n) is 15.8. The lowest BCUT2D eigenvalue weighted by Crippen LogP contribution is -2.34. The van der Waals surface area contributed by atoms with E-state index in [-0.39, 0.29) is 44.3 Å². The average molecular weight is 922 g/mol. The number of allylic oxidation sites excluding steroid dienone is 12. The van der Waals surface area contributed by atoms with Crippen LogP contribution < -0.4 is 5.73 Å². The molecular weight excluding hydrogens is 845 g/mol. The molecule has 7 N–H and O–H groups in total. The molecule has 0 heterocycles. The van der Waals surface area contributed by atoms with E-state index in [4.69, 9.17) is 24.8 Å². The Morgan fingerprint density at radius 1 is 0.719 bits per heavy atom. The van der Waals surface area contributed by atoms with Gasteiger partial charge in [0.15, 0.2) is 6.10 Å². The van der Waals surface area contributed by atoms with E-state index in [2.05, 4.69) is 67.0 Å². The predicted octanol–water partition coefficient (Wildman–Crippen LogP) is 7.84. The number of unbranched alkanes of at least 4 members (excludes halogenated alkanes) is 3. The third-order valence-electron chi connectivity index (χ3n) is 10.1. The summed E-state index contributed by atoms with van der Waals surface area (Å²) in [6, 6.07) is -1.59. The first kappa shape index (κ1) is 58.2. The maximum absolute atomic E-state index is 12.8. The van der Waals surface area contributed by atoms with E-state index in [1.54, 1.807) is 12.2 Å². The van der Waals surface area contributed by atoms with Gasteiger partial charge in [-0.1, -0.05) is 118 Å². The van der Waals surface area contributed by atoms with Crippen LogP contribution in [0.5, 0.6) is 0 Å². The highest BCUT2D eigenvalue weighted by Crippen LogP contribution is 2.43. The van der Waals surface area contributed by atoms with Gasteiger partial charge in [0, 0.05) is 43.9 Å². The van der Waals surface area contributed by atoms with Gasteiger partial charge in [0.2, 0.25) is 0 Å². The Balaban J connectivity index is 2.56. The van der Waals surface area contributed by atoms with Crippen LogP contribution in [0.25, 0.3) is 0 Å². The van der Waals surface area contributed by atoms with Crippen molar-refractivity contribution in [1.29, 1.82) is 0 Å². The summed E-state index contributed by atoms with van der Waals surface area (Å²) < 4.78 is 32.5. The normalized spacial score (nSPS) is 20.7. The Labute approximate surface area is 380 Å². The van der Waals surface area contributed by atoms with E-state index in [0.29, 0.717) is 25.7 Å². The maximum atomic E-state index is 12.8. The summed E-state index contributed by atoms with van der Waals surface area (Å²) >= 11 is 0. The fraction of sp³-hybridized carbons (Fsp3) is 0.625. The first-order chi connectivity index (χ1) is 30.7. The van der Waals surface area contributed by atoms with Gasteiger partial charge >= 0.3 is 25.7 Å². The fourth-order valence-electron chi connectivity index (χ4n) is 6.50. The number of phosphoric ester groups is 1. The Hall–Kier alpha value is -3.79. The van der Waals surface area contributed by atoms with Crippen LogP contribution in [0.15, 0.2) is 85.1 Å². The molecule has 15 nitrogen and oxygen atoms in total. The van der Waals surface area contributed by atoms with Crippen LogP contribution in [0.4, 0.5) is 0 Å². The summed E-state index contributed by atoms with van der Waals surface area (Å²) in [7, 11) is -4.84. The van der Waals surface area contributed by atoms with Crippen LogP contribution in [0.2, 0.25) is 0 Å². The monoisotopic (exact) mass is 922 g/mol.